The normalized spacial score (nSPS) is 12.8. The number of aromatic nitrogens is 2. The Kier molecular flexibility index (Phi) is 1.95. The molecule has 4 nitrogen and oxygen atoms in total. The van der Waals surface area contributed by atoms with Gasteiger partial charge < -0.3 is 4.98 Å². The number of pyridine rings is 1. The van der Waals surface area contributed by atoms with Crippen LogP contribution in [0.2, 0.25) is 0 Å². The molecule has 0 radical (unpaired) electrons. The topological polar surface area (TPSA) is 54.9 Å². The molecule has 3 aromatic rings. The van der Waals surface area contributed by atoms with Gasteiger partial charge in [-0.3, -0.25) is 14.2 Å². The lowest BCUT2D eigenvalue weighted by Crippen LogP contribution is -2.17. The van der Waals surface area contributed by atoms with Crippen LogP contribution in [0, 0.1) is 13.8 Å². The van der Waals surface area contributed by atoms with Gasteiger partial charge in [-0.15, -0.1) is 0 Å². The molecule has 1 aliphatic heterocycles. The Morgan fingerprint density at radius 2 is 1.85 bits per heavy atom. The molecular formula is C16H12N2O2. The molecule has 2 aromatic heterocycles. The largest absolute Gasteiger partial charge is 0.352 e. The molecule has 20 heavy (non-hydrogen) atoms. The molecule has 1 N–H and O–H groups in total. The number of nitrogens with zero attached hydrogens (tertiary/aromatic N) is 1. The van der Waals surface area contributed by atoms with E-state index in [0.29, 0.717) is 11.1 Å². The fourth-order valence-electron chi connectivity index (χ4n) is 2.83. The standard InChI is InChI=1S/C16H12N2O2/c1-8-6-10-11(7-9(8)2)17-14-12-4-3-5-18(12)16(20)13(14)15(10)19/h3-7H,1-2H3,(H,17,19). The first-order chi connectivity index (χ1) is 9.58. The molecule has 4 rings (SSSR count). The number of H-pyrrole nitrogens is 1. The van der Waals surface area contributed by atoms with Gasteiger partial charge in [-0.2, -0.15) is 0 Å². The van der Waals surface area contributed by atoms with Crippen molar-refractivity contribution in [3.05, 3.63) is 57.4 Å². The van der Waals surface area contributed by atoms with Crippen LogP contribution in [0.1, 0.15) is 21.5 Å². The second-order valence-electron chi connectivity index (χ2n) is 5.25. The summed E-state index contributed by atoms with van der Waals surface area (Å²) >= 11 is 0. The Balaban J connectivity index is 2.21. The first kappa shape index (κ1) is 11.2. The van der Waals surface area contributed by atoms with Crippen LogP contribution in [0.5, 0.6) is 0 Å². The molecule has 0 saturated heterocycles. The lowest BCUT2D eigenvalue weighted by molar-refractivity contribution is 0.0968. The van der Waals surface area contributed by atoms with Gasteiger partial charge in [-0.05, 0) is 49.2 Å². The van der Waals surface area contributed by atoms with E-state index < -0.39 is 0 Å². The molecule has 4 heteroatoms. The number of hydrogen-bond donors (Lipinski definition) is 1. The van der Waals surface area contributed by atoms with Gasteiger partial charge >= 0.3 is 0 Å². The van der Waals surface area contributed by atoms with Gasteiger partial charge in [0.05, 0.1) is 16.9 Å². The van der Waals surface area contributed by atoms with Crippen molar-refractivity contribution in [1.82, 2.24) is 9.55 Å². The second kappa shape index (κ2) is 3.48. The molecular weight excluding hydrogens is 252 g/mol. The van der Waals surface area contributed by atoms with Crippen molar-refractivity contribution in [3.63, 3.8) is 0 Å². The van der Waals surface area contributed by atoms with Crippen LogP contribution in [0.3, 0.4) is 0 Å². The summed E-state index contributed by atoms with van der Waals surface area (Å²) in [6.07, 6.45) is 1.69. The van der Waals surface area contributed by atoms with Crippen LogP contribution in [-0.2, 0) is 0 Å². The van der Waals surface area contributed by atoms with E-state index in [2.05, 4.69) is 4.98 Å². The molecule has 0 aliphatic carbocycles. The van der Waals surface area contributed by atoms with Crippen LogP contribution in [-0.4, -0.2) is 15.5 Å². The van der Waals surface area contributed by atoms with E-state index in [-0.39, 0.29) is 16.9 Å². The van der Waals surface area contributed by atoms with Gasteiger partial charge in [0.2, 0.25) is 5.43 Å². The van der Waals surface area contributed by atoms with Crippen molar-refractivity contribution in [2.75, 3.05) is 0 Å². The maximum Gasteiger partial charge on any atom is 0.268 e. The van der Waals surface area contributed by atoms with E-state index in [1.54, 1.807) is 12.3 Å². The van der Waals surface area contributed by atoms with Crippen LogP contribution < -0.4 is 5.43 Å². The Labute approximate surface area is 114 Å². The third-order valence-corrected chi connectivity index (χ3v) is 4.05. The fourth-order valence-corrected chi connectivity index (χ4v) is 2.83. The summed E-state index contributed by atoms with van der Waals surface area (Å²) in [7, 11) is 0. The maximum absolute atomic E-state index is 12.6. The van der Waals surface area contributed by atoms with Crippen molar-refractivity contribution in [3.8, 4) is 11.4 Å². The van der Waals surface area contributed by atoms with Gasteiger partial charge in [0.1, 0.15) is 5.56 Å². The van der Waals surface area contributed by atoms with Crippen molar-refractivity contribution >= 4 is 16.8 Å². The van der Waals surface area contributed by atoms with E-state index in [0.717, 1.165) is 22.3 Å². The highest BCUT2D eigenvalue weighted by atomic mass is 16.2. The van der Waals surface area contributed by atoms with Gasteiger partial charge in [0.15, 0.2) is 0 Å². The van der Waals surface area contributed by atoms with Gasteiger partial charge in [0, 0.05) is 11.6 Å². The Bertz CT molecular complexity index is 961. The fraction of sp³-hybridized carbons (Fsp3) is 0.125. The molecule has 0 fully saturated rings. The molecule has 0 bridgehead atoms. The number of nitrogens with one attached hydrogen (secondary N) is 1. The summed E-state index contributed by atoms with van der Waals surface area (Å²) in [6, 6.07) is 7.46. The predicted molar refractivity (Wildman–Crippen MR) is 77.2 cm³/mol. The zero-order valence-electron chi connectivity index (χ0n) is 11.2. The van der Waals surface area contributed by atoms with Crippen LogP contribution in [0.4, 0.5) is 0 Å². The lowest BCUT2D eigenvalue weighted by atomic mass is 10.0. The van der Waals surface area contributed by atoms with E-state index in [4.69, 9.17) is 0 Å². The summed E-state index contributed by atoms with van der Waals surface area (Å²) in [6.45, 7) is 3.97. The summed E-state index contributed by atoms with van der Waals surface area (Å²) in [5.41, 5.74) is 4.38. The minimum Gasteiger partial charge on any atom is -0.352 e. The second-order valence-corrected chi connectivity index (χ2v) is 5.25. The summed E-state index contributed by atoms with van der Waals surface area (Å²) < 4.78 is 1.52. The molecule has 0 saturated carbocycles. The minimum atomic E-state index is -0.249. The Morgan fingerprint density at radius 1 is 1.10 bits per heavy atom. The third kappa shape index (κ3) is 1.20. The minimum absolute atomic E-state index is 0.189. The zero-order chi connectivity index (χ0) is 14.0. The van der Waals surface area contributed by atoms with Crippen molar-refractivity contribution in [1.29, 1.82) is 0 Å². The van der Waals surface area contributed by atoms with Crippen LogP contribution >= 0.6 is 0 Å². The summed E-state index contributed by atoms with van der Waals surface area (Å²) in [5, 5.41) is 0.575. The van der Waals surface area contributed by atoms with E-state index in [9.17, 15) is 9.59 Å². The average Bonchev–Trinajstić information content (AvgIpc) is 2.97. The SMILES string of the molecule is Cc1cc2[nH]c3c(c(=O)c2cc1C)C(=O)n1cccc1-3. The van der Waals surface area contributed by atoms with E-state index >= 15 is 0 Å². The number of carbonyl (C=O) groups is 1. The molecule has 98 valence electrons. The molecule has 1 aliphatic rings. The molecule has 3 heterocycles. The average molecular weight is 264 g/mol. The predicted octanol–water partition coefficient (Wildman–Crippen LogP) is 2.62. The monoisotopic (exact) mass is 264 g/mol. The highest BCUT2D eigenvalue weighted by molar-refractivity contribution is 6.10. The Morgan fingerprint density at radius 3 is 2.65 bits per heavy atom. The van der Waals surface area contributed by atoms with Gasteiger partial charge in [0.25, 0.3) is 5.91 Å². The number of carbonyl (C=O) groups excluding carboxylic acids is 1. The van der Waals surface area contributed by atoms with Crippen molar-refractivity contribution < 1.29 is 4.79 Å². The van der Waals surface area contributed by atoms with Gasteiger partial charge in [-0.1, -0.05) is 0 Å². The summed E-state index contributed by atoms with van der Waals surface area (Å²) in [4.78, 5) is 28.2. The zero-order valence-corrected chi connectivity index (χ0v) is 11.2. The smallest absolute Gasteiger partial charge is 0.268 e. The number of aromatic amines is 1. The molecule has 0 amide bonds. The van der Waals surface area contributed by atoms with Crippen molar-refractivity contribution in [2.45, 2.75) is 13.8 Å². The third-order valence-electron chi connectivity index (χ3n) is 4.05. The summed E-state index contributed by atoms with van der Waals surface area (Å²) in [5.74, 6) is -0.249. The molecule has 0 atom stereocenters. The van der Waals surface area contributed by atoms with Crippen LogP contribution in [0.15, 0.2) is 35.3 Å². The molecule has 0 spiro atoms. The lowest BCUT2D eigenvalue weighted by Gasteiger charge is -2.06. The van der Waals surface area contributed by atoms with Gasteiger partial charge in [-0.25, -0.2) is 0 Å². The van der Waals surface area contributed by atoms with Crippen molar-refractivity contribution in [2.24, 2.45) is 0 Å². The molecule has 1 aromatic carbocycles. The van der Waals surface area contributed by atoms with E-state index in [1.807, 2.05) is 32.0 Å². The maximum atomic E-state index is 12.6. The highest BCUT2D eigenvalue weighted by Gasteiger charge is 2.30. The van der Waals surface area contributed by atoms with Crippen LogP contribution in [0.25, 0.3) is 22.3 Å². The molecule has 0 unspecified atom stereocenters. The van der Waals surface area contributed by atoms with E-state index in [1.165, 1.54) is 4.57 Å². The first-order valence-corrected chi connectivity index (χ1v) is 6.47. The number of aryl methyl sites for hydroxylation is 2. The number of benzene rings is 1. The highest BCUT2D eigenvalue weighted by Crippen LogP contribution is 2.30. The quantitative estimate of drug-likeness (QED) is 0.531. The number of hydrogen-bond acceptors (Lipinski definition) is 2. The number of fused-ring (bicyclic) bond motifs is 4. The first-order valence-electron chi connectivity index (χ1n) is 6.47. The number of rotatable bonds is 0. The Hall–Kier alpha value is -2.62.